The maximum atomic E-state index is 12.9. The summed E-state index contributed by atoms with van der Waals surface area (Å²) in [5.41, 5.74) is 4.33. The van der Waals surface area contributed by atoms with Gasteiger partial charge in [-0.2, -0.15) is 0 Å². The molecule has 0 aliphatic heterocycles. The molecule has 0 aliphatic carbocycles. The third-order valence-electron chi connectivity index (χ3n) is 5.15. The van der Waals surface area contributed by atoms with Gasteiger partial charge in [0.25, 0.3) is 11.8 Å². The molecular formula is C25H25N3O4. The van der Waals surface area contributed by atoms with Crippen LogP contribution in [0.5, 0.6) is 0 Å². The molecule has 0 spiro atoms. The summed E-state index contributed by atoms with van der Waals surface area (Å²) in [5.74, 6) is -0.265. The number of aryl methyl sites for hydroxylation is 1. The van der Waals surface area contributed by atoms with Crippen LogP contribution in [0.3, 0.4) is 0 Å². The van der Waals surface area contributed by atoms with Gasteiger partial charge in [0.1, 0.15) is 5.69 Å². The Labute approximate surface area is 186 Å². The molecule has 2 heterocycles. The molecule has 164 valence electrons. The number of methoxy groups -OCH3 is 1. The van der Waals surface area contributed by atoms with Gasteiger partial charge < -0.3 is 24.4 Å². The van der Waals surface area contributed by atoms with E-state index < -0.39 is 0 Å². The normalized spacial score (nSPS) is 10.9. The number of furan rings is 1. The highest BCUT2D eigenvalue weighted by Gasteiger charge is 2.17. The molecule has 4 rings (SSSR count). The molecule has 0 atom stereocenters. The van der Waals surface area contributed by atoms with E-state index in [9.17, 15) is 9.59 Å². The number of anilines is 1. The Morgan fingerprint density at radius 3 is 2.66 bits per heavy atom. The van der Waals surface area contributed by atoms with Crippen molar-refractivity contribution in [2.45, 2.75) is 13.5 Å². The zero-order chi connectivity index (χ0) is 22.5. The van der Waals surface area contributed by atoms with Crippen LogP contribution in [0.2, 0.25) is 0 Å². The van der Waals surface area contributed by atoms with E-state index in [2.05, 4.69) is 16.7 Å². The lowest BCUT2D eigenvalue weighted by molar-refractivity contribution is 0.0928. The SMILES string of the molecule is COCCNC(=O)c1cc2cc(NC(=O)c3ccco3)ccc2n1Cc1cccc(C)c1. The first-order valence-electron chi connectivity index (χ1n) is 10.4. The minimum absolute atomic E-state index is 0.174. The van der Waals surface area contributed by atoms with Crippen molar-refractivity contribution in [1.82, 2.24) is 9.88 Å². The van der Waals surface area contributed by atoms with Gasteiger partial charge in [0.15, 0.2) is 5.76 Å². The van der Waals surface area contributed by atoms with E-state index in [4.69, 9.17) is 9.15 Å². The van der Waals surface area contributed by atoms with E-state index in [1.54, 1.807) is 19.2 Å². The maximum Gasteiger partial charge on any atom is 0.291 e. The van der Waals surface area contributed by atoms with Gasteiger partial charge in [-0.25, -0.2) is 0 Å². The number of aromatic nitrogens is 1. The first kappa shape index (κ1) is 21.4. The van der Waals surface area contributed by atoms with Crippen LogP contribution in [-0.2, 0) is 11.3 Å². The number of amides is 2. The molecule has 2 aromatic heterocycles. The lowest BCUT2D eigenvalue weighted by Gasteiger charge is -2.12. The molecular weight excluding hydrogens is 406 g/mol. The zero-order valence-corrected chi connectivity index (χ0v) is 18.1. The average Bonchev–Trinajstić information content (AvgIpc) is 3.43. The molecule has 7 heteroatoms. The highest BCUT2D eigenvalue weighted by Crippen LogP contribution is 2.25. The van der Waals surface area contributed by atoms with Gasteiger partial charge in [-0.1, -0.05) is 29.8 Å². The van der Waals surface area contributed by atoms with Gasteiger partial charge in [-0.3, -0.25) is 9.59 Å². The molecule has 0 aliphatic rings. The second-order valence-corrected chi connectivity index (χ2v) is 7.56. The van der Waals surface area contributed by atoms with Gasteiger partial charge in [0.05, 0.1) is 12.9 Å². The van der Waals surface area contributed by atoms with Gasteiger partial charge >= 0.3 is 0 Å². The second kappa shape index (κ2) is 9.53. The molecule has 2 N–H and O–H groups in total. The van der Waals surface area contributed by atoms with Crippen LogP contribution in [-0.4, -0.2) is 36.6 Å². The molecule has 4 aromatic rings. The predicted octanol–water partition coefficient (Wildman–Crippen LogP) is 4.22. The Balaban J connectivity index is 1.68. The number of benzene rings is 2. The lowest BCUT2D eigenvalue weighted by atomic mass is 10.1. The van der Waals surface area contributed by atoms with E-state index in [1.165, 1.54) is 6.26 Å². The lowest BCUT2D eigenvalue weighted by Crippen LogP contribution is -2.29. The van der Waals surface area contributed by atoms with Crippen molar-refractivity contribution >= 4 is 28.4 Å². The number of fused-ring (bicyclic) bond motifs is 1. The van der Waals surface area contributed by atoms with Gasteiger partial charge in [0, 0.05) is 36.8 Å². The van der Waals surface area contributed by atoms with Crippen molar-refractivity contribution in [2.75, 3.05) is 25.6 Å². The number of nitrogens with zero attached hydrogens (tertiary/aromatic N) is 1. The Morgan fingerprint density at radius 1 is 1.03 bits per heavy atom. The summed E-state index contributed by atoms with van der Waals surface area (Å²) in [7, 11) is 1.60. The fourth-order valence-electron chi connectivity index (χ4n) is 3.66. The molecule has 7 nitrogen and oxygen atoms in total. The van der Waals surface area contributed by atoms with E-state index in [0.717, 1.165) is 22.0 Å². The minimum Gasteiger partial charge on any atom is -0.459 e. The summed E-state index contributed by atoms with van der Waals surface area (Å²) >= 11 is 0. The number of hydrogen-bond donors (Lipinski definition) is 2. The quantitative estimate of drug-likeness (QED) is 0.409. The fourth-order valence-corrected chi connectivity index (χ4v) is 3.66. The summed E-state index contributed by atoms with van der Waals surface area (Å²) < 4.78 is 12.2. The highest BCUT2D eigenvalue weighted by atomic mass is 16.5. The highest BCUT2D eigenvalue weighted by molar-refractivity contribution is 6.04. The molecule has 32 heavy (non-hydrogen) atoms. The third kappa shape index (κ3) is 4.73. The molecule has 2 amide bonds. The molecule has 0 fully saturated rings. The molecule has 0 radical (unpaired) electrons. The number of carbonyl (C=O) groups is 2. The first-order chi connectivity index (χ1) is 15.5. The van der Waals surface area contributed by atoms with Gasteiger partial charge in [-0.15, -0.1) is 0 Å². The molecule has 0 unspecified atom stereocenters. The van der Waals surface area contributed by atoms with Crippen molar-refractivity contribution in [1.29, 1.82) is 0 Å². The minimum atomic E-state index is -0.328. The summed E-state index contributed by atoms with van der Waals surface area (Å²) in [6.07, 6.45) is 1.46. The summed E-state index contributed by atoms with van der Waals surface area (Å²) in [6, 6.07) is 18.9. The van der Waals surface area contributed by atoms with Crippen molar-refractivity contribution in [3.63, 3.8) is 0 Å². The van der Waals surface area contributed by atoms with Crippen LogP contribution < -0.4 is 10.6 Å². The van der Waals surface area contributed by atoms with Crippen molar-refractivity contribution in [2.24, 2.45) is 0 Å². The van der Waals surface area contributed by atoms with Crippen LogP contribution in [0, 0.1) is 6.92 Å². The largest absolute Gasteiger partial charge is 0.459 e. The number of carbonyl (C=O) groups excluding carboxylic acids is 2. The summed E-state index contributed by atoms with van der Waals surface area (Å²) in [4.78, 5) is 25.2. The summed E-state index contributed by atoms with van der Waals surface area (Å²) in [5, 5.41) is 6.58. The van der Waals surface area contributed by atoms with Crippen LogP contribution >= 0.6 is 0 Å². The fraction of sp³-hybridized carbons (Fsp3) is 0.200. The number of rotatable bonds is 8. The number of nitrogens with one attached hydrogen (secondary N) is 2. The van der Waals surface area contributed by atoms with Crippen molar-refractivity contribution in [3.8, 4) is 0 Å². The van der Waals surface area contributed by atoms with E-state index in [-0.39, 0.29) is 17.6 Å². The number of ether oxygens (including phenoxy) is 1. The van der Waals surface area contributed by atoms with Crippen LogP contribution in [0.25, 0.3) is 10.9 Å². The van der Waals surface area contributed by atoms with E-state index >= 15 is 0 Å². The van der Waals surface area contributed by atoms with Crippen LogP contribution in [0.4, 0.5) is 5.69 Å². The summed E-state index contributed by atoms with van der Waals surface area (Å²) in [6.45, 7) is 3.46. The Kier molecular flexibility index (Phi) is 6.37. The Morgan fingerprint density at radius 2 is 1.91 bits per heavy atom. The molecule has 2 aromatic carbocycles. The van der Waals surface area contributed by atoms with Crippen LogP contribution in [0.1, 0.15) is 32.2 Å². The van der Waals surface area contributed by atoms with Gasteiger partial charge in [-0.05, 0) is 48.9 Å². The second-order valence-electron chi connectivity index (χ2n) is 7.56. The monoisotopic (exact) mass is 431 g/mol. The average molecular weight is 431 g/mol. The topological polar surface area (TPSA) is 85.5 Å². The van der Waals surface area contributed by atoms with E-state index in [1.807, 2.05) is 54.0 Å². The molecule has 0 bridgehead atoms. The number of hydrogen-bond acceptors (Lipinski definition) is 4. The first-order valence-corrected chi connectivity index (χ1v) is 10.4. The smallest absolute Gasteiger partial charge is 0.291 e. The zero-order valence-electron chi connectivity index (χ0n) is 18.1. The standard InChI is InChI=1S/C25H25N3O4/c1-17-5-3-6-18(13-17)16-28-21-9-8-20(27-25(30)23-7-4-11-32-23)14-19(21)15-22(28)24(29)26-10-12-31-2/h3-9,11,13-15H,10,12,16H2,1-2H3,(H,26,29)(H,27,30). The third-order valence-corrected chi connectivity index (χ3v) is 5.15. The predicted molar refractivity (Wildman–Crippen MR) is 123 cm³/mol. The van der Waals surface area contributed by atoms with E-state index in [0.29, 0.717) is 31.1 Å². The van der Waals surface area contributed by atoms with Crippen molar-refractivity contribution in [3.05, 3.63) is 89.5 Å². The van der Waals surface area contributed by atoms with Crippen LogP contribution in [0.15, 0.2) is 71.3 Å². The van der Waals surface area contributed by atoms with Crippen molar-refractivity contribution < 1.29 is 18.7 Å². The Hall–Kier alpha value is -3.84. The molecule has 0 saturated carbocycles. The maximum absolute atomic E-state index is 12.9. The Bertz CT molecular complexity index is 1240. The molecule has 0 saturated heterocycles. The van der Waals surface area contributed by atoms with Gasteiger partial charge in [0.2, 0.25) is 0 Å².